The molecule has 5 rings (SSSR count). The molecule has 1 aromatic heterocycles. The number of hydrogen-bond donors (Lipinski definition) is 2. The predicted molar refractivity (Wildman–Crippen MR) is 134 cm³/mol. The first-order valence-corrected chi connectivity index (χ1v) is 11.4. The molecule has 35 heavy (non-hydrogen) atoms. The van der Waals surface area contributed by atoms with E-state index in [0.29, 0.717) is 21.5 Å². The molecule has 0 saturated heterocycles. The molecule has 0 bridgehead atoms. The van der Waals surface area contributed by atoms with Gasteiger partial charge in [-0.3, -0.25) is 9.59 Å². The lowest BCUT2D eigenvalue weighted by molar-refractivity contribution is 0.0135. The molecule has 1 amide bonds. The zero-order chi connectivity index (χ0) is 24.4. The third-order valence-corrected chi connectivity index (χ3v) is 6.11. The summed E-state index contributed by atoms with van der Waals surface area (Å²) in [6, 6.07) is 20.3. The first-order chi connectivity index (χ1) is 17.0. The smallest absolute Gasteiger partial charge is 0.257 e. The van der Waals surface area contributed by atoms with E-state index in [2.05, 4.69) is 17.2 Å². The molecule has 1 unspecified atom stereocenters. The molecule has 0 radical (unpaired) electrons. The molecule has 174 valence electrons. The van der Waals surface area contributed by atoms with Gasteiger partial charge >= 0.3 is 0 Å². The Balaban J connectivity index is 1.63. The number of aromatic nitrogens is 1. The van der Waals surface area contributed by atoms with Crippen LogP contribution in [0.2, 0.25) is 5.02 Å². The minimum atomic E-state index is -0.496. The third-order valence-electron chi connectivity index (χ3n) is 5.86. The average molecular weight is 485 g/mol. The van der Waals surface area contributed by atoms with E-state index in [4.69, 9.17) is 21.4 Å². The Morgan fingerprint density at radius 1 is 1.14 bits per heavy atom. The van der Waals surface area contributed by atoms with Crippen LogP contribution in [0.5, 0.6) is 0 Å². The molecule has 4 aromatic rings. The zero-order valence-electron chi connectivity index (χ0n) is 18.6. The van der Waals surface area contributed by atoms with Crippen LogP contribution in [0.1, 0.15) is 38.8 Å². The Hall–Kier alpha value is -3.89. The van der Waals surface area contributed by atoms with Crippen molar-refractivity contribution < 1.29 is 14.6 Å². The minimum Gasteiger partial charge on any atom is -0.384 e. The van der Waals surface area contributed by atoms with Crippen molar-refractivity contribution in [2.75, 3.05) is 6.61 Å². The first kappa shape index (κ1) is 22.9. The first-order valence-electron chi connectivity index (χ1n) is 11.1. The Kier molecular flexibility index (Phi) is 6.39. The summed E-state index contributed by atoms with van der Waals surface area (Å²) in [7, 11) is 0. The summed E-state index contributed by atoms with van der Waals surface area (Å²) < 4.78 is 8.01. The number of amides is 1. The number of nitrogens with one attached hydrogen (secondary N) is 1. The van der Waals surface area contributed by atoms with Gasteiger partial charge in [0.1, 0.15) is 12.2 Å². The van der Waals surface area contributed by atoms with Gasteiger partial charge in [-0.05, 0) is 29.8 Å². The molecule has 3 aromatic carbocycles. The van der Waals surface area contributed by atoms with Crippen LogP contribution in [0.4, 0.5) is 0 Å². The summed E-state index contributed by atoms with van der Waals surface area (Å²) in [6.07, 6.45) is 1.07. The number of benzene rings is 3. The van der Waals surface area contributed by atoms with E-state index in [1.165, 1.54) is 0 Å². The Morgan fingerprint density at radius 2 is 1.91 bits per heavy atom. The Bertz CT molecular complexity index is 1530. The second-order valence-electron chi connectivity index (χ2n) is 8.15. The second-order valence-corrected chi connectivity index (χ2v) is 8.59. The van der Waals surface area contributed by atoms with Gasteiger partial charge in [0.25, 0.3) is 5.91 Å². The van der Waals surface area contributed by atoms with Gasteiger partial charge in [-0.25, -0.2) is 0 Å². The van der Waals surface area contributed by atoms with Crippen LogP contribution in [0.25, 0.3) is 10.9 Å². The van der Waals surface area contributed by atoms with Crippen molar-refractivity contribution in [1.29, 1.82) is 0 Å². The van der Waals surface area contributed by atoms with E-state index in [-0.39, 0.29) is 30.8 Å². The number of nitrogens with zero attached hydrogens (tertiary/aromatic N) is 1. The van der Waals surface area contributed by atoms with Crippen molar-refractivity contribution in [3.63, 3.8) is 0 Å². The standard InChI is InChI=1S/C28H21ClN2O4/c29-22-10-8-18(9-11-22)15-30-27(34)24-16-31-25-21(17-35-28(31)20-6-2-1-3-7-20)13-19(5-4-12-32)14-23(25)26(24)33/h1-3,6-11,13-14,16,28,32H,12,15,17H2,(H,30,34). The molecular weight excluding hydrogens is 464 g/mol. The van der Waals surface area contributed by atoms with Crippen LogP contribution in [0.15, 0.2) is 77.7 Å². The quantitative estimate of drug-likeness (QED) is 0.429. The normalized spacial score (nSPS) is 14.3. The number of aliphatic hydroxyl groups is 1. The highest BCUT2D eigenvalue weighted by Gasteiger charge is 2.27. The Morgan fingerprint density at radius 3 is 2.66 bits per heavy atom. The van der Waals surface area contributed by atoms with Gasteiger partial charge in [-0.15, -0.1) is 0 Å². The minimum absolute atomic E-state index is 0.0103. The predicted octanol–water partition coefficient (Wildman–Crippen LogP) is 4.01. The van der Waals surface area contributed by atoms with Crippen LogP contribution in [0, 0.1) is 11.8 Å². The van der Waals surface area contributed by atoms with E-state index in [0.717, 1.165) is 16.7 Å². The summed E-state index contributed by atoms with van der Waals surface area (Å²) in [6.45, 7) is 0.239. The number of pyridine rings is 1. The maximum Gasteiger partial charge on any atom is 0.257 e. The molecule has 2 heterocycles. The molecule has 0 spiro atoms. The average Bonchev–Trinajstić information content (AvgIpc) is 2.89. The molecule has 2 N–H and O–H groups in total. The van der Waals surface area contributed by atoms with Gasteiger partial charge in [-0.1, -0.05) is 65.9 Å². The number of carbonyl (C=O) groups is 1. The van der Waals surface area contributed by atoms with Crippen molar-refractivity contribution in [1.82, 2.24) is 9.88 Å². The van der Waals surface area contributed by atoms with Gasteiger partial charge in [-0.2, -0.15) is 0 Å². The Labute approximate surface area is 206 Å². The number of halogens is 1. The highest BCUT2D eigenvalue weighted by molar-refractivity contribution is 6.30. The molecule has 1 atom stereocenters. The molecule has 0 saturated carbocycles. The molecule has 1 aliphatic rings. The van der Waals surface area contributed by atoms with E-state index in [9.17, 15) is 9.59 Å². The molecule has 7 heteroatoms. The summed E-state index contributed by atoms with van der Waals surface area (Å²) >= 11 is 5.94. The van der Waals surface area contributed by atoms with Gasteiger partial charge in [0.2, 0.25) is 5.43 Å². The molecule has 0 fully saturated rings. The van der Waals surface area contributed by atoms with Crippen LogP contribution >= 0.6 is 11.6 Å². The van der Waals surface area contributed by atoms with Gasteiger partial charge in [0.05, 0.1) is 12.1 Å². The number of aliphatic hydroxyl groups excluding tert-OH is 1. The molecular formula is C28H21ClN2O4. The van der Waals surface area contributed by atoms with Crippen LogP contribution < -0.4 is 10.7 Å². The number of carbonyl (C=O) groups excluding carboxylic acids is 1. The van der Waals surface area contributed by atoms with Crippen LogP contribution in [-0.4, -0.2) is 22.2 Å². The van der Waals surface area contributed by atoms with Gasteiger partial charge in [0.15, 0.2) is 6.23 Å². The summed E-state index contributed by atoms with van der Waals surface area (Å²) in [5, 5.41) is 12.9. The number of hydrogen-bond acceptors (Lipinski definition) is 4. The lowest BCUT2D eigenvalue weighted by Crippen LogP contribution is -2.32. The lowest BCUT2D eigenvalue weighted by Gasteiger charge is -2.30. The molecule has 0 aliphatic carbocycles. The van der Waals surface area contributed by atoms with E-state index >= 15 is 0 Å². The summed E-state index contributed by atoms with van der Waals surface area (Å²) in [5.74, 6) is 4.99. The van der Waals surface area contributed by atoms with Crippen LogP contribution in [0.3, 0.4) is 0 Å². The van der Waals surface area contributed by atoms with Crippen LogP contribution in [-0.2, 0) is 17.9 Å². The van der Waals surface area contributed by atoms with E-state index in [1.807, 2.05) is 53.1 Å². The fraction of sp³-hybridized carbons (Fsp3) is 0.143. The van der Waals surface area contributed by atoms with Gasteiger partial charge < -0.3 is 19.7 Å². The maximum absolute atomic E-state index is 13.5. The fourth-order valence-corrected chi connectivity index (χ4v) is 4.38. The van der Waals surface area contributed by atoms with Crippen molar-refractivity contribution in [2.45, 2.75) is 19.4 Å². The summed E-state index contributed by atoms with van der Waals surface area (Å²) in [5.41, 5.74) is 3.47. The molecule has 6 nitrogen and oxygen atoms in total. The number of ether oxygens (including phenoxy) is 1. The van der Waals surface area contributed by atoms with Crippen molar-refractivity contribution in [2.24, 2.45) is 0 Å². The van der Waals surface area contributed by atoms with E-state index in [1.54, 1.807) is 24.4 Å². The SMILES string of the molecule is O=C(NCc1ccc(Cl)cc1)c1cn2c3c(cc(C#CCO)cc3c1=O)COC2c1ccccc1. The number of rotatable bonds is 4. The third kappa shape index (κ3) is 4.58. The van der Waals surface area contributed by atoms with Gasteiger partial charge in [0, 0.05) is 39.8 Å². The highest BCUT2D eigenvalue weighted by atomic mass is 35.5. The monoisotopic (exact) mass is 484 g/mol. The van der Waals surface area contributed by atoms with E-state index < -0.39 is 12.1 Å². The second kappa shape index (κ2) is 9.77. The largest absolute Gasteiger partial charge is 0.384 e. The summed E-state index contributed by atoms with van der Waals surface area (Å²) in [4.78, 5) is 26.7. The van der Waals surface area contributed by atoms with Crippen molar-refractivity contribution >= 4 is 28.4 Å². The van der Waals surface area contributed by atoms with Crippen molar-refractivity contribution in [3.8, 4) is 11.8 Å². The zero-order valence-corrected chi connectivity index (χ0v) is 19.4. The fourth-order valence-electron chi connectivity index (χ4n) is 4.25. The lowest BCUT2D eigenvalue weighted by atomic mass is 10.0. The van der Waals surface area contributed by atoms with Crippen molar-refractivity contribution in [3.05, 3.63) is 116 Å². The highest BCUT2D eigenvalue weighted by Crippen LogP contribution is 2.33. The maximum atomic E-state index is 13.5. The molecule has 1 aliphatic heterocycles. The topological polar surface area (TPSA) is 80.6 Å².